The highest BCUT2D eigenvalue weighted by Crippen LogP contribution is 2.31. The molecule has 1 aliphatic rings. The highest BCUT2D eigenvalue weighted by Gasteiger charge is 2.20. The summed E-state index contributed by atoms with van der Waals surface area (Å²) in [6.07, 6.45) is 1.54. The number of carbonyl (C=O) groups is 1. The third-order valence-corrected chi connectivity index (χ3v) is 4.85. The number of nitrogens with one attached hydrogen (secondary N) is 1. The lowest BCUT2D eigenvalue weighted by Crippen LogP contribution is -2.47. The van der Waals surface area contributed by atoms with Crippen molar-refractivity contribution in [3.63, 3.8) is 0 Å². The fourth-order valence-electron chi connectivity index (χ4n) is 3.11. The molecule has 1 aromatic carbocycles. The molecule has 0 amide bonds. The quantitative estimate of drug-likeness (QED) is 0.702. The molecule has 1 fully saturated rings. The van der Waals surface area contributed by atoms with Gasteiger partial charge in [-0.25, -0.2) is 14.8 Å². The minimum atomic E-state index is -0.474. The number of hydrogen-bond donors (Lipinski definition) is 1. The molecule has 3 rings (SSSR count). The first-order valence-corrected chi connectivity index (χ1v) is 9.44. The number of piperazine rings is 1. The lowest BCUT2D eigenvalue weighted by Gasteiger charge is -2.36. The van der Waals surface area contributed by atoms with Gasteiger partial charge in [-0.05, 0) is 24.3 Å². The van der Waals surface area contributed by atoms with Crippen molar-refractivity contribution in [2.24, 2.45) is 0 Å². The van der Waals surface area contributed by atoms with Crippen LogP contribution in [0.2, 0.25) is 5.02 Å². The Morgan fingerprint density at radius 3 is 2.71 bits per heavy atom. The molecule has 1 N–H and O–H groups in total. The summed E-state index contributed by atoms with van der Waals surface area (Å²) in [6, 6.07) is 7.21. The van der Waals surface area contributed by atoms with E-state index in [2.05, 4.69) is 29.8 Å². The zero-order valence-electron chi connectivity index (χ0n) is 16.0. The molecule has 0 unspecified atom stereocenters. The van der Waals surface area contributed by atoms with Crippen molar-refractivity contribution in [2.75, 3.05) is 63.7 Å². The lowest BCUT2D eigenvalue weighted by molar-refractivity contribution is 0.0594. The van der Waals surface area contributed by atoms with Crippen LogP contribution in [-0.4, -0.2) is 74.3 Å². The second-order valence-electron chi connectivity index (χ2n) is 6.33. The van der Waals surface area contributed by atoms with E-state index in [9.17, 15) is 4.79 Å². The molecular weight excluding hydrogens is 382 g/mol. The van der Waals surface area contributed by atoms with Crippen molar-refractivity contribution in [2.45, 2.75) is 0 Å². The molecule has 1 aromatic heterocycles. The van der Waals surface area contributed by atoms with Gasteiger partial charge >= 0.3 is 5.97 Å². The molecule has 0 bridgehead atoms. The van der Waals surface area contributed by atoms with Crippen molar-refractivity contribution in [3.8, 4) is 5.75 Å². The smallest absolute Gasteiger partial charge is 0.356 e. The number of methoxy groups -OCH3 is 2. The fourth-order valence-corrected chi connectivity index (χ4v) is 3.28. The maximum atomic E-state index is 11.5. The summed E-state index contributed by atoms with van der Waals surface area (Å²) >= 11 is 6.15. The van der Waals surface area contributed by atoms with E-state index in [-0.39, 0.29) is 5.69 Å². The Hall–Kier alpha value is -2.58. The van der Waals surface area contributed by atoms with E-state index in [0.717, 1.165) is 44.2 Å². The third-order valence-electron chi connectivity index (χ3n) is 4.62. The van der Waals surface area contributed by atoms with E-state index in [1.165, 1.54) is 13.2 Å². The molecule has 1 saturated heterocycles. The minimum absolute atomic E-state index is 0.240. The maximum Gasteiger partial charge on any atom is 0.356 e. The van der Waals surface area contributed by atoms with Crippen LogP contribution in [0.25, 0.3) is 0 Å². The van der Waals surface area contributed by atoms with Gasteiger partial charge in [-0.3, -0.25) is 4.90 Å². The van der Waals surface area contributed by atoms with Crippen molar-refractivity contribution < 1.29 is 14.3 Å². The van der Waals surface area contributed by atoms with Crippen LogP contribution >= 0.6 is 11.6 Å². The summed E-state index contributed by atoms with van der Waals surface area (Å²) < 4.78 is 10.1. The number of hydrogen-bond acceptors (Lipinski definition) is 8. The summed E-state index contributed by atoms with van der Waals surface area (Å²) in [7, 11) is 3.00. The van der Waals surface area contributed by atoms with Gasteiger partial charge in [-0.15, -0.1) is 0 Å². The number of anilines is 2. The average molecular weight is 406 g/mol. The van der Waals surface area contributed by atoms with Crippen LogP contribution in [0, 0.1) is 0 Å². The van der Waals surface area contributed by atoms with Crippen LogP contribution in [0.4, 0.5) is 11.6 Å². The van der Waals surface area contributed by atoms with Gasteiger partial charge in [0.05, 0.1) is 19.9 Å². The maximum absolute atomic E-state index is 11.5. The number of nitrogens with zero attached hydrogens (tertiary/aromatic N) is 4. The highest BCUT2D eigenvalue weighted by atomic mass is 35.5. The monoisotopic (exact) mass is 405 g/mol. The van der Waals surface area contributed by atoms with Crippen LogP contribution in [0.15, 0.2) is 30.5 Å². The van der Waals surface area contributed by atoms with E-state index in [1.807, 2.05) is 18.2 Å². The third kappa shape index (κ3) is 5.02. The zero-order valence-corrected chi connectivity index (χ0v) is 16.8. The number of carbonyl (C=O) groups excluding carboxylic acids is 1. The molecule has 0 spiro atoms. The van der Waals surface area contributed by atoms with Gasteiger partial charge in [0.2, 0.25) is 5.95 Å². The lowest BCUT2D eigenvalue weighted by atomic mass is 10.2. The molecule has 1 aliphatic heterocycles. The van der Waals surface area contributed by atoms with Crippen LogP contribution in [0.1, 0.15) is 10.5 Å². The van der Waals surface area contributed by atoms with Crippen molar-refractivity contribution in [1.82, 2.24) is 14.9 Å². The van der Waals surface area contributed by atoms with E-state index in [1.54, 1.807) is 13.3 Å². The number of aromatic nitrogens is 2. The Morgan fingerprint density at radius 1 is 1.21 bits per heavy atom. The minimum Gasteiger partial charge on any atom is -0.495 e. The van der Waals surface area contributed by atoms with Gasteiger partial charge in [0.25, 0.3) is 0 Å². The number of halogens is 1. The summed E-state index contributed by atoms with van der Waals surface area (Å²) in [4.78, 5) is 24.5. The molecular formula is C19H24ClN5O3. The van der Waals surface area contributed by atoms with E-state index in [0.29, 0.717) is 17.5 Å². The van der Waals surface area contributed by atoms with Gasteiger partial charge in [0.1, 0.15) is 5.75 Å². The first-order valence-electron chi connectivity index (χ1n) is 9.07. The Kier molecular flexibility index (Phi) is 6.89. The van der Waals surface area contributed by atoms with Gasteiger partial charge in [-0.2, -0.15) is 0 Å². The molecule has 2 aromatic rings. The molecule has 9 heteroatoms. The standard InChI is InChI=1S/C19H24ClN5O3/c1-27-17-4-3-14(20)13-16(17)25-11-9-24(10-12-25)8-7-22-19-21-6-5-15(23-19)18(26)28-2/h3-6,13H,7-12H2,1-2H3,(H,21,22,23). The fraction of sp³-hybridized carbons (Fsp3) is 0.421. The van der Waals surface area contributed by atoms with Crippen LogP contribution in [0.5, 0.6) is 5.75 Å². The largest absolute Gasteiger partial charge is 0.495 e. The number of benzene rings is 1. The molecule has 2 heterocycles. The summed E-state index contributed by atoms with van der Waals surface area (Å²) in [5, 5.41) is 3.86. The Morgan fingerprint density at radius 2 is 2.00 bits per heavy atom. The second kappa shape index (κ2) is 9.57. The van der Waals surface area contributed by atoms with Gasteiger partial charge in [0, 0.05) is 50.5 Å². The first kappa shape index (κ1) is 20.2. The molecule has 8 nitrogen and oxygen atoms in total. The average Bonchev–Trinajstić information content (AvgIpc) is 2.74. The number of esters is 1. The van der Waals surface area contributed by atoms with Crippen molar-refractivity contribution in [3.05, 3.63) is 41.2 Å². The normalized spacial score (nSPS) is 14.6. The van der Waals surface area contributed by atoms with Gasteiger partial charge < -0.3 is 19.7 Å². The molecule has 0 saturated carbocycles. The highest BCUT2D eigenvalue weighted by molar-refractivity contribution is 6.30. The predicted molar refractivity (Wildman–Crippen MR) is 109 cm³/mol. The van der Waals surface area contributed by atoms with Crippen molar-refractivity contribution in [1.29, 1.82) is 0 Å². The Balaban J connectivity index is 1.48. The second-order valence-corrected chi connectivity index (χ2v) is 6.77. The van der Waals surface area contributed by atoms with Gasteiger partial charge in [-0.1, -0.05) is 11.6 Å². The summed E-state index contributed by atoms with van der Waals surface area (Å²) in [5.41, 5.74) is 1.27. The van der Waals surface area contributed by atoms with Crippen LogP contribution in [0.3, 0.4) is 0 Å². The summed E-state index contributed by atoms with van der Waals surface area (Å²) in [6.45, 7) is 5.19. The topological polar surface area (TPSA) is 79.8 Å². The molecule has 0 aliphatic carbocycles. The van der Waals surface area contributed by atoms with E-state index in [4.69, 9.17) is 16.3 Å². The number of ether oxygens (including phenoxy) is 2. The molecule has 0 radical (unpaired) electrons. The first-order chi connectivity index (χ1) is 13.6. The Bertz CT molecular complexity index is 812. The van der Waals surface area contributed by atoms with E-state index < -0.39 is 5.97 Å². The molecule has 150 valence electrons. The SMILES string of the molecule is COC(=O)c1ccnc(NCCN2CCN(c3cc(Cl)ccc3OC)CC2)n1. The summed E-state index contributed by atoms with van der Waals surface area (Å²) in [5.74, 6) is 0.783. The molecule has 0 atom stereocenters. The van der Waals surface area contributed by atoms with Gasteiger partial charge in [0.15, 0.2) is 5.69 Å². The zero-order chi connectivity index (χ0) is 19.9. The van der Waals surface area contributed by atoms with Crippen LogP contribution in [-0.2, 0) is 4.74 Å². The van der Waals surface area contributed by atoms with Crippen molar-refractivity contribution >= 4 is 29.2 Å². The predicted octanol–water partition coefficient (Wildman–Crippen LogP) is 2.16. The van der Waals surface area contributed by atoms with Crippen LogP contribution < -0.4 is 15.0 Å². The Labute approximate surface area is 169 Å². The number of rotatable bonds is 7. The van der Waals surface area contributed by atoms with E-state index >= 15 is 0 Å². The molecule has 28 heavy (non-hydrogen) atoms.